The zero-order chi connectivity index (χ0) is 17.6. The molecular formula is C21H33NO2. The molecule has 24 heavy (non-hydrogen) atoms. The number of hydrogen-bond donors (Lipinski definition) is 1. The molecule has 1 rings (SSSR count). The Morgan fingerprint density at radius 1 is 1.17 bits per heavy atom. The monoisotopic (exact) mass is 331 g/mol. The first-order chi connectivity index (χ1) is 11.7. The molecule has 1 fully saturated rings. The van der Waals surface area contributed by atoms with E-state index in [2.05, 4.69) is 24.9 Å². The van der Waals surface area contributed by atoms with Gasteiger partial charge in [0.05, 0.1) is 6.04 Å². The molecule has 3 nitrogen and oxygen atoms in total. The first-order valence-electron chi connectivity index (χ1n) is 9.43. The fourth-order valence-electron chi connectivity index (χ4n) is 3.30. The third kappa shape index (κ3) is 8.28. The molecule has 1 atom stereocenters. The third-order valence-electron chi connectivity index (χ3n) is 4.82. The van der Waals surface area contributed by atoms with Crippen molar-refractivity contribution in [3.8, 4) is 0 Å². The van der Waals surface area contributed by atoms with E-state index in [4.69, 9.17) is 0 Å². The van der Waals surface area contributed by atoms with Crippen LogP contribution >= 0.6 is 0 Å². The van der Waals surface area contributed by atoms with Crippen molar-refractivity contribution in [2.24, 2.45) is 5.92 Å². The summed E-state index contributed by atoms with van der Waals surface area (Å²) in [7, 11) is 0. The van der Waals surface area contributed by atoms with Crippen molar-refractivity contribution in [3.63, 3.8) is 0 Å². The average Bonchev–Trinajstić information content (AvgIpc) is 2.62. The molecule has 3 heteroatoms. The molecule has 0 aromatic heterocycles. The second kappa shape index (κ2) is 12.7. The minimum Gasteiger partial charge on any atom is -0.346 e. The topological polar surface area (TPSA) is 46.2 Å². The molecule has 0 aliphatic heterocycles. The average molecular weight is 332 g/mol. The summed E-state index contributed by atoms with van der Waals surface area (Å²) in [5.41, 5.74) is 1.39. The summed E-state index contributed by atoms with van der Waals surface area (Å²) in [6.45, 7) is 5.81. The summed E-state index contributed by atoms with van der Waals surface area (Å²) in [6.07, 6.45) is 18.9. The highest BCUT2D eigenvalue weighted by Crippen LogP contribution is 2.26. The molecule has 1 N–H and O–H groups in total. The second-order valence-corrected chi connectivity index (χ2v) is 6.63. The minimum atomic E-state index is -0.284. The maximum atomic E-state index is 12.1. The van der Waals surface area contributed by atoms with Crippen LogP contribution in [0, 0.1) is 5.92 Å². The van der Waals surface area contributed by atoms with E-state index in [1.54, 1.807) is 6.08 Å². The van der Waals surface area contributed by atoms with Gasteiger partial charge in [-0.15, -0.1) is 0 Å². The Labute approximate surface area is 147 Å². The van der Waals surface area contributed by atoms with Gasteiger partial charge in [0.1, 0.15) is 6.29 Å². The van der Waals surface area contributed by atoms with Crippen LogP contribution in [-0.4, -0.2) is 18.2 Å². The molecule has 0 spiro atoms. The SMILES string of the molecule is C=C/C=C\C=C(/CC)CCCCC(=O)N[C@H](C=O)C1CCCCC1. The van der Waals surface area contributed by atoms with Crippen LogP contribution in [0.5, 0.6) is 0 Å². The molecule has 1 amide bonds. The number of carbonyl (C=O) groups excluding carboxylic acids is 2. The molecule has 0 saturated heterocycles. The van der Waals surface area contributed by atoms with Gasteiger partial charge in [0.2, 0.25) is 5.91 Å². The van der Waals surface area contributed by atoms with E-state index in [1.165, 1.54) is 24.8 Å². The second-order valence-electron chi connectivity index (χ2n) is 6.63. The van der Waals surface area contributed by atoms with E-state index >= 15 is 0 Å². The van der Waals surface area contributed by atoms with Crippen molar-refractivity contribution < 1.29 is 9.59 Å². The molecule has 0 bridgehead atoms. The van der Waals surface area contributed by atoms with E-state index < -0.39 is 0 Å². The van der Waals surface area contributed by atoms with Gasteiger partial charge in [-0.2, -0.15) is 0 Å². The van der Waals surface area contributed by atoms with Gasteiger partial charge in [0.15, 0.2) is 0 Å². The number of rotatable bonds is 11. The lowest BCUT2D eigenvalue weighted by Crippen LogP contribution is -2.42. The number of unbranched alkanes of at least 4 members (excludes halogenated alkanes) is 1. The van der Waals surface area contributed by atoms with Crippen LogP contribution in [0.15, 0.2) is 36.5 Å². The van der Waals surface area contributed by atoms with Gasteiger partial charge in [0, 0.05) is 6.42 Å². The number of aldehydes is 1. The highest BCUT2D eigenvalue weighted by atomic mass is 16.2. The van der Waals surface area contributed by atoms with Gasteiger partial charge in [-0.05, 0) is 44.4 Å². The normalized spacial score (nSPS) is 17.6. The van der Waals surface area contributed by atoms with Gasteiger partial charge < -0.3 is 10.1 Å². The fraction of sp³-hybridized carbons (Fsp3) is 0.619. The van der Waals surface area contributed by atoms with Crippen LogP contribution in [-0.2, 0) is 9.59 Å². The lowest BCUT2D eigenvalue weighted by Gasteiger charge is -2.27. The van der Waals surface area contributed by atoms with Gasteiger partial charge in [-0.1, -0.05) is 62.6 Å². The first kappa shape index (κ1) is 20.4. The quantitative estimate of drug-likeness (QED) is 0.333. The Morgan fingerprint density at radius 3 is 2.50 bits per heavy atom. The molecule has 0 unspecified atom stereocenters. The van der Waals surface area contributed by atoms with Crippen LogP contribution in [0.25, 0.3) is 0 Å². The summed E-state index contributed by atoms with van der Waals surface area (Å²) in [4.78, 5) is 23.4. The number of amides is 1. The molecule has 0 aromatic rings. The van der Waals surface area contributed by atoms with Gasteiger partial charge >= 0.3 is 0 Å². The summed E-state index contributed by atoms with van der Waals surface area (Å²) in [5.74, 6) is 0.359. The number of nitrogens with one attached hydrogen (secondary N) is 1. The summed E-state index contributed by atoms with van der Waals surface area (Å²) >= 11 is 0. The summed E-state index contributed by atoms with van der Waals surface area (Å²) < 4.78 is 0. The van der Waals surface area contributed by atoms with Crippen LogP contribution in [0.3, 0.4) is 0 Å². The molecule has 0 aromatic carbocycles. The maximum absolute atomic E-state index is 12.1. The van der Waals surface area contributed by atoms with E-state index in [9.17, 15) is 9.59 Å². The van der Waals surface area contributed by atoms with Crippen molar-refractivity contribution in [1.29, 1.82) is 0 Å². The van der Waals surface area contributed by atoms with Crippen LogP contribution in [0.4, 0.5) is 0 Å². The number of allylic oxidation sites excluding steroid dienone is 5. The van der Waals surface area contributed by atoms with Crippen molar-refractivity contribution in [1.82, 2.24) is 5.32 Å². The van der Waals surface area contributed by atoms with E-state index in [0.717, 1.165) is 44.8 Å². The molecule has 0 radical (unpaired) electrons. The van der Waals surface area contributed by atoms with E-state index in [-0.39, 0.29) is 11.9 Å². The van der Waals surface area contributed by atoms with Crippen LogP contribution < -0.4 is 5.32 Å². The molecule has 1 saturated carbocycles. The fourth-order valence-corrected chi connectivity index (χ4v) is 3.30. The summed E-state index contributed by atoms with van der Waals surface area (Å²) in [6, 6.07) is -0.284. The molecule has 134 valence electrons. The smallest absolute Gasteiger partial charge is 0.220 e. The van der Waals surface area contributed by atoms with Crippen molar-refractivity contribution in [2.45, 2.75) is 77.2 Å². The predicted molar refractivity (Wildman–Crippen MR) is 101 cm³/mol. The Balaban J connectivity index is 2.27. The zero-order valence-electron chi connectivity index (χ0n) is 15.1. The third-order valence-corrected chi connectivity index (χ3v) is 4.82. The highest BCUT2D eigenvalue weighted by molar-refractivity contribution is 5.79. The minimum absolute atomic E-state index is 0.0197. The molecule has 1 aliphatic carbocycles. The molecular weight excluding hydrogens is 298 g/mol. The lowest BCUT2D eigenvalue weighted by molar-refractivity contribution is -0.125. The van der Waals surface area contributed by atoms with Crippen molar-refractivity contribution >= 4 is 12.2 Å². The lowest BCUT2D eigenvalue weighted by atomic mass is 9.84. The largest absolute Gasteiger partial charge is 0.346 e. The number of hydrogen-bond acceptors (Lipinski definition) is 2. The van der Waals surface area contributed by atoms with Gasteiger partial charge in [0.25, 0.3) is 0 Å². The van der Waals surface area contributed by atoms with Crippen LogP contribution in [0.2, 0.25) is 0 Å². The van der Waals surface area contributed by atoms with E-state index in [0.29, 0.717) is 12.3 Å². The van der Waals surface area contributed by atoms with Crippen molar-refractivity contribution in [2.75, 3.05) is 0 Å². The van der Waals surface area contributed by atoms with Gasteiger partial charge in [-0.25, -0.2) is 0 Å². The Bertz CT molecular complexity index is 445. The molecule has 0 heterocycles. The Kier molecular flexibility index (Phi) is 10.8. The highest BCUT2D eigenvalue weighted by Gasteiger charge is 2.24. The zero-order valence-corrected chi connectivity index (χ0v) is 15.1. The molecule has 1 aliphatic rings. The maximum Gasteiger partial charge on any atom is 0.220 e. The Morgan fingerprint density at radius 2 is 1.88 bits per heavy atom. The first-order valence-corrected chi connectivity index (χ1v) is 9.43. The summed E-state index contributed by atoms with van der Waals surface area (Å²) in [5, 5.41) is 2.94. The number of carbonyl (C=O) groups is 2. The van der Waals surface area contributed by atoms with E-state index in [1.807, 2.05) is 12.2 Å². The predicted octanol–water partition coefficient (Wildman–Crippen LogP) is 4.89. The standard InChI is InChI=1S/C21H33NO2/c1-3-5-7-12-18(4-2)13-10-11-16-21(24)22-20(17-23)19-14-8-6-9-15-19/h3,5,7,12,17,19-20H,1,4,6,8-11,13-16H2,2H3,(H,22,24)/b7-5-,18-12+/t20-/m1/s1. The Hall–Kier alpha value is -1.64. The van der Waals surface area contributed by atoms with Crippen LogP contribution in [0.1, 0.15) is 71.1 Å². The van der Waals surface area contributed by atoms with Gasteiger partial charge in [-0.3, -0.25) is 4.79 Å². The van der Waals surface area contributed by atoms with Crippen molar-refractivity contribution in [3.05, 3.63) is 36.5 Å².